The van der Waals surface area contributed by atoms with Gasteiger partial charge >= 0.3 is 0 Å². The molecule has 4 rings (SSSR count). The highest BCUT2D eigenvalue weighted by atomic mass is 79.9. The number of pyridine rings is 1. The molecule has 150 valence electrons. The first-order valence-electron chi connectivity index (χ1n) is 9.24. The Kier molecular flexibility index (Phi) is 5.96. The first kappa shape index (κ1) is 21.3. The van der Waals surface area contributed by atoms with E-state index in [0.717, 1.165) is 10.9 Å². The van der Waals surface area contributed by atoms with E-state index in [9.17, 15) is 9.59 Å². The van der Waals surface area contributed by atoms with E-state index in [4.69, 9.17) is 17.3 Å². The lowest BCUT2D eigenvalue weighted by molar-refractivity contribution is 0.0559. The molecular formula is C22H21BrClN3O2. The van der Waals surface area contributed by atoms with Crippen molar-refractivity contribution in [3.05, 3.63) is 70.4 Å². The lowest BCUT2D eigenvalue weighted by atomic mass is 9.87. The van der Waals surface area contributed by atoms with Gasteiger partial charge in [0.25, 0.3) is 11.8 Å². The van der Waals surface area contributed by atoms with Crippen LogP contribution < -0.4 is 5.73 Å². The predicted octanol–water partition coefficient (Wildman–Crippen LogP) is 5.23. The van der Waals surface area contributed by atoms with Gasteiger partial charge in [-0.2, -0.15) is 0 Å². The molecule has 7 heteroatoms. The van der Waals surface area contributed by atoms with Crippen molar-refractivity contribution in [1.82, 2.24) is 9.88 Å². The maximum absolute atomic E-state index is 13.0. The van der Waals surface area contributed by atoms with Gasteiger partial charge in [0.2, 0.25) is 0 Å². The normalized spacial score (nSPS) is 15.2. The Bertz CT molecular complexity index is 1080. The summed E-state index contributed by atoms with van der Waals surface area (Å²) >= 11 is 6.33. The number of hydrogen-bond acceptors (Lipinski definition) is 4. The Morgan fingerprint density at radius 2 is 1.72 bits per heavy atom. The van der Waals surface area contributed by atoms with E-state index >= 15 is 0 Å². The van der Waals surface area contributed by atoms with Crippen LogP contribution in [0.4, 0.5) is 5.69 Å². The topological polar surface area (TPSA) is 76.3 Å². The summed E-state index contributed by atoms with van der Waals surface area (Å²) in [6.45, 7) is 3.97. The first-order valence-corrected chi connectivity index (χ1v) is 9.62. The van der Waals surface area contributed by atoms with Crippen molar-refractivity contribution in [3.8, 4) is 0 Å². The van der Waals surface area contributed by atoms with Crippen molar-refractivity contribution in [2.75, 3.05) is 5.73 Å². The standard InChI is InChI=1S/C22H20ClN3O2.BrH/c1-3-19(26-21(27)14-6-4-5-7-15(14)22(26)28)12(2)16-10-13(23)11-18-20(16)17(24)8-9-25-18;/h4-12,19H,3H2,1-2H3,(H2,24,25);1H. The number of nitrogens with two attached hydrogens (primary N) is 1. The highest BCUT2D eigenvalue weighted by Crippen LogP contribution is 2.38. The number of rotatable bonds is 4. The number of carbonyl (C=O) groups is 2. The lowest BCUT2D eigenvalue weighted by Crippen LogP contribution is -2.42. The van der Waals surface area contributed by atoms with Crippen molar-refractivity contribution in [1.29, 1.82) is 0 Å². The number of nitrogen functional groups attached to an aromatic ring is 1. The van der Waals surface area contributed by atoms with E-state index in [0.29, 0.717) is 33.8 Å². The van der Waals surface area contributed by atoms with Crippen LogP contribution in [0, 0.1) is 0 Å². The quantitative estimate of drug-likeness (QED) is 0.526. The second-order valence-corrected chi connectivity index (χ2v) is 7.52. The zero-order valence-corrected chi connectivity index (χ0v) is 18.5. The molecule has 2 aromatic carbocycles. The van der Waals surface area contributed by atoms with Crippen LogP contribution in [0.25, 0.3) is 10.9 Å². The van der Waals surface area contributed by atoms with Crippen molar-refractivity contribution in [2.24, 2.45) is 0 Å². The lowest BCUT2D eigenvalue weighted by Gasteiger charge is -2.31. The predicted molar refractivity (Wildman–Crippen MR) is 121 cm³/mol. The third kappa shape index (κ3) is 3.40. The summed E-state index contributed by atoms with van der Waals surface area (Å²) in [6.07, 6.45) is 2.25. The summed E-state index contributed by atoms with van der Waals surface area (Å²) < 4.78 is 0. The number of nitrogens with zero attached hydrogens (tertiary/aromatic N) is 2. The Morgan fingerprint density at radius 3 is 2.31 bits per heavy atom. The van der Waals surface area contributed by atoms with Crippen molar-refractivity contribution < 1.29 is 9.59 Å². The molecule has 0 bridgehead atoms. The van der Waals surface area contributed by atoms with Crippen LogP contribution in [0.15, 0.2) is 48.7 Å². The Balaban J connectivity index is 0.00000240. The molecule has 2 heterocycles. The van der Waals surface area contributed by atoms with Crippen molar-refractivity contribution in [2.45, 2.75) is 32.2 Å². The van der Waals surface area contributed by atoms with Gasteiger partial charge in [-0.3, -0.25) is 19.5 Å². The molecule has 0 aliphatic carbocycles. The van der Waals surface area contributed by atoms with E-state index in [1.54, 1.807) is 42.6 Å². The summed E-state index contributed by atoms with van der Waals surface area (Å²) in [7, 11) is 0. The number of benzene rings is 2. The minimum atomic E-state index is -0.325. The van der Waals surface area contributed by atoms with Gasteiger partial charge in [0.1, 0.15) is 0 Å². The number of carbonyl (C=O) groups excluding carboxylic acids is 2. The average molecular weight is 475 g/mol. The summed E-state index contributed by atoms with van der Waals surface area (Å²) in [4.78, 5) is 31.7. The van der Waals surface area contributed by atoms with Gasteiger partial charge in [-0.1, -0.05) is 37.6 Å². The molecule has 29 heavy (non-hydrogen) atoms. The van der Waals surface area contributed by atoms with Gasteiger partial charge in [0.15, 0.2) is 0 Å². The molecule has 0 radical (unpaired) electrons. The van der Waals surface area contributed by atoms with Crippen LogP contribution in [0.3, 0.4) is 0 Å². The van der Waals surface area contributed by atoms with E-state index in [1.165, 1.54) is 4.90 Å². The molecular weight excluding hydrogens is 454 g/mol. The molecule has 1 aromatic heterocycles. The van der Waals surface area contributed by atoms with Gasteiger partial charge < -0.3 is 5.73 Å². The summed E-state index contributed by atoms with van der Waals surface area (Å²) in [5.41, 5.74) is 9.32. The fourth-order valence-electron chi connectivity index (χ4n) is 4.15. The molecule has 5 nitrogen and oxygen atoms in total. The zero-order valence-electron chi connectivity index (χ0n) is 16.1. The molecule has 0 saturated carbocycles. The SMILES string of the molecule is Br.CCC(C(C)c1cc(Cl)cc2nccc(N)c12)N1C(=O)c2ccccc2C1=O. The number of aromatic nitrogens is 1. The number of amides is 2. The highest BCUT2D eigenvalue weighted by molar-refractivity contribution is 8.93. The van der Waals surface area contributed by atoms with E-state index < -0.39 is 0 Å². The molecule has 0 fully saturated rings. The van der Waals surface area contributed by atoms with E-state index in [-0.39, 0.29) is 40.8 Å². The molecule has 1 aliphatic heterocycles. The van der Waals surface area contributed by atoms with Crippen LogP contribution in [0.2, 0.25) is 5.02 Å². The molecule has 2 atom stereocenters. The number of imide groups is 1. The minimum absolute atomic E-state index is 0. The number of hydrogen-bond donors (Lipinski definition) is 1. The molecule has 0 spiro atoms. The summed E-state index contributed by atoms with van der Waals surface area (Å²) in [6, 6.07) is 12.0. The smallest absolute Gasteiger partial charge is 0.261 e. The number of halogens is 2. The molecule has 0 saturated heterocycles. The summed E-state index contributed by atoms with van der Waals surface area (Å²) in [5.74, 6) is -0.673. The third-order valence-corrected chi connectivity index (χ3v) is 5.73. The summed E-state index contributed by atoms with van der Waals surface area (Å²) in [5, 5.41) is 1.36. The fraction of sp³-hybridized carbons (Fsp3) is 0.227. The maximum atomic E-state index is 13.0. The Labute approximate surface area is 184 Å². The second kappa shape index (κ2) is 8.13. The minimum Gasteiger partial charge on any atom is -0.398 e. The van der Waals surface area contributed by atoms with Gasteiger partial charge in [0.05, 0.1) is 16.6 Å². The van der Waals surface area contributed by atoms with E-state index in [1.807, 2.05) is 19.9 Å². The largest absolute Gasteiger partial charge is 0.398 e. The maximum Gasteiger partial charge on any atom is 0.261 e. The van der Waals surface area contributed by atoms with Crippen LogP contribution >= 0.6 is 28.6 Å². The number of anilines is 1. The van der Waals surface area contributed by atoms with Crippen LogP contribution in [0.1, 0.15) is 52.5 Å². The Hall–Kier alpha value is -2.44. The molecule has 1 aliphatic rings. The van der Waals surface area contributed by atoms with E-state index in [2.05, 4.69) is 4.98 Å². The fourth-order valence-corrected chi connectivity index (χ4v) is 4.37. The first-order chi connectivity index (χ1) is 13.4. The van der Waals surface area contributed by atoms with Crippen molar-refractivity contribution >= 4 is 57.0 Å². The molecule has 2 unspecified atom stereocenters. The Morgan fingerprint density at radius 1 is 1.10 bits per heavy atom. The van der Waals surface area contributed by atoms with Crippen LogP contribution in [-0.2, 0) is 0 Å². The second-order valence-electron chi connectivity index (χ2n) is 7.08. The molecule has 2 N–H and O–H groups in total. The van der Waals surface area contributed by atoms with Crippen LogP contribution in [0.5, 0.6) is 0 Å². The number of fused-ring (bicyclic) bond motifs is 2. The molecule has 3 aromatic rings. The van der Waals surface area contributed by atoms with Gasteiger partial charge in [-0.15, -0.1) is 17.0 Å². The van der Waals surface area contributed by atoms with Gasteiger partial charge in [0, 0.05) is 34.3 Å². The van der Waals surface area contributed by atoms with Crippen LogP contribution in [-0.4, -0.2) is 27.7 Å². The van der Waals surface area contributed by atoms with Gasteiger partial charge in [-0.25, -0.2) is 0 Å². The molecule has 2 amide bonds. The third-order valence-electron chi connectivity index (χ3n) is 5.51. The van der Waals surface area contributed by atoms with Gasteiger partial charge in [-0.05, 0) is 42.3 Å². The monoisotopic (exact) mass is 473 g/mol. The van der Waals surface area contributed by atoms with Crippen molar-refractivity contribution in [3.63, 3.8) is 0 Å². The zero-order chi connectivity index (χ0) is 20.0. The average Bonchev–Trinajstić information content (AvgIpc) is 2.93. The highest BCUT2D eigenvalue weighted by Gasteiger charge is 2.41.